The molecule has 4 nitrogen and oxygen atoms in total. The summed E-state index contributed by atoms with van der Waals surface area (Å²) >= 11 is 0. The molecule has 0 aromatic carbocycles. The Morgan fingerprint density at radius 2 is 1.17 bits per heavy atom. The molecule has 0 spiro atoms. The molecule has 0 amide bonds. The van der Waals surface area contributed by atoms with Crippen LogP contribution >= 0.6 is 0 Å². The minimum atomic E-state index is -0.398. The summed E-state index contributed by atoms with van der Waals surface area (Å²) in [6, 6.07) is 0. The summed E-state index contributed by atoms with van der Waals surface area (Å²) in [7, 11) is 2.55. The van der Waals surface area contributed by atoms with Crippen LogP contribution in [0.3, 0.4) is 0 Å². The fourth-order valence-corrected chi connectivity index (χ4v) is 0.408. The van der Waals surface area contributed by atoms with E-state index in [0.29, 0.717) is 0 Å². The Morgan fingerprint density at radius 1 is 0.917 bits per heavy atom. The summed E-state index contributed by atoms with van der Waals surface area (Å²) < 4.78 is 8.60. The molecule has 0 saturated heterocycles. The average Bonchev–Trinajstić information content (AvgIpc) is 1.99. The van der Waals surface area contributed by atoms with Crippen molar-refractivity contribution in [2.75, 3.05) is 14.2 Å². The van der Waals surface area contributed by atoms with E-state index in [2.05, 4.69) is 9.47 Å². The van der Waals surface area contributed by atoms with Crippen molar-refractivity contribution in [3.63, 3.8) is 0 Å². The average molecular weight is 194 g/mol. The van der Waals surface area contributed by atoms with Gasteiger partial charge in [0, 0.05) is 0 Å². The Bertz CT molecular complexity index is 122. The van der Waals surface area contributed by atoms with Gasteiger partial charge in [-0.05, 0) is 0 Å². The second kappa shape index (κ2) is 11.9. The molecular formula is C6H12Na2O4. The summed E-state index contributed by atoms with van der Waals surface area (Å²) in [6.07, 6.45) is 0.173. The van der Waals surface area contributed by atoms with E-state index in [9.17, 15) is 9.59 Å². The zero-order chi connectivity index (χ0) is 7.98. The summed E-state index contributed by atoms with van der Waals surface area (Å²) in [6.45, 7) is 0. The third-order valence-corrected chi connectivity index (χ3v) is 0.989. The molecule has 6 heteroatoms. The molecule has 0 saturated carbocycles. The van der Waals surface area contributed by atoms with Gasteiger partial charge < -0.3 is 9.47 Å². The van der Waals surface area contributed by atoms with E-state index < -0.39 is 11.9 Å². The zero-order valence-electron chi connectivity index (χ0n) is 6.05. The Morgan fingerprint density at radius 3 is 1.33 bits per heavy atom. The van der Waals surface area contributed by atoms with Gasteiger partial charge in [-0.15, -0.1) is 0 Å². The Labute approximate surface area is 116 Å². The summed E-state index contributed by atoms with van der Waals surface area (Å²) in [5.74, 6) is -0.796. The zero-order valence-corrected chi connectivity index (χ0v) is 6.05. The molecule has 0 rings (SSSR count). The topological polar surface area (TPSA) is 52.6 Å². The maximum absolute atomic E-state index is 10.4. The number of carbonyl (C=O) groups excluding carboxylic acids is 2. The fraction of sp³-hybridized carbons (Fsp3) is 0.667. The molecule has 0 heterocycles. The van der Waals surface area contributed by atoms with Gasteiger partial charge in [0.15, 0.2) is 0 Å². The molecule has 0 aliphatic heterocycles. The van der Waals surface area contributed by atoms with E-state index in [4.69, 9.17) is 0 Å². The summed E-state index contributed by atoms with van der Waals surface area (Å²) in [5.41, 5.74) is 0. The van der Waals surface area contributed by atoms with Crippen LogP contribution in [-0.4, -0.2) is 85.3 Å². The van der Waals surface area contributed by atoms with Crippen molar-refractivity contribution in [3.05, 3.63) is 0 Å². The first-order chi connectivity index (χ1) is 4.70. The van der Waals surface area contributed by atoms with E-state index >= 15 is 0 Å². The van der Waals surface area contributed by atoms with Gasteiger partial charge in [0.25, 0.3) is 0 Å². The summed E-state index contributed by atoms with van der Waals surface area (Å²) in [4.78, 5) is 20.8. The van der Waals surface area contributed by atoms with Crippen LogP contribution in [0, 0.1) is 0 Å². The number of methoxy groups -OCH3 is 2. The number of esters is 2. The standard InChI is InChI=1S/C6H10O4.2Na.2H/c1-9-5(7)3-4-6(8)10-2;;;;/h3-4H2,1-2H3;;;;. The first-order valence-corrected chi connectivity index (χ1v) is 2.84. The molecule has 0 unspecified atom stereocenters. The number of rotatable bonds is 3. The van der Waals surface area contributed by atoms with Crippen molar-refractivity contribution in [2.45, 2.75) is 12.8 Å². The van der Waals surface area contributed by atoms with Crippen molar-refractivity contribution in [2.24, 2.45) is 0 Å². The predicted molar refractivity (Wildman–Crippen MR) is 47.6 cm³/mol. The normalized spacial score (nSPS) is 7.17. The Balaban J connectivity index is -0.000000405. The molecule has 62 valence electrons. The first-order valence-electron chi connectivity index (χ1n) is 2.84. The molecule has 0 radical (unpaired) electrons. The van der Waals surface area contributed by atoms with E-state index in [0.717, 1.165) is 0 Å². The van der Waals surface area contributed by atoms with Gasteiger partial charge >= 0.3 is 71.1 Å². The van der Waals surface area contributed by atoms with Crippen LogP contribution in [0.1, 0.15) is 12.8 Å². The number of hydrogen-bond acceptors (Lipinski definition) is 4. The first kappa shape index (κ1) is 18.7. The van der Waals surface area contributed by atoms with Gasteiger partial charge in [-0.1, -0.05) is 0 Å². The quantitative estimate of drug-likeness (QED) is 0.419. The SMILES string of the molecule is COC(=O)CCC(=O)OC.[NaH].[NaH]. The molecule has 0 aliphatic rings. The molecule has 0 aromatic rings. The molecule has 0 bridgehead atoms. The molecule has 0 aromatic heterocycles. The summed E-state index contributed by atoms with van der Waals surface area (Å²) in [5, 5.41) is 0. The number of hydrogen-bond donors (Lipinski definition) is 0. The van der Waals surface area contributed by atoms with Crippen LogP contribution in [0.2, 0.25) is 0 Å². The number of carbonyl (C=O) groups is 2. The van der Waals surface area contributed by atoms with Crippen LogP contribution in [0.15, 0.2) is 0 Å². The van der Waals surface area contributed by atoms with Gasteiger partial charge in [0.1, 0.15) is 0 Å². The third kappa shape index (κ3) is 10.9. The minimum absolute atomic E-state index is 0. The third-order valence-electron chi connectivity index (χ3n) is 0.989. The molecular weight excluding hydrogens is 182 g/mol. The van der Waals surface area contributed by atoms with Gasteiger partial charge in [0.2, 0.25) is 0 Å². The van der Waals surface area contributed by atoms with Crippen molar-refractivity contribution < 1.29 is 19.1 Å². The van der Waals surface area contributed by atoms with Crippen LogP contribution in [-0.2, 0) is 19.1 Å². The second-order valence-electron chi connectivity index (χ2n) is 1.65. The van der Waals surface area contributed by atoms with Crippen molar-refractivity contribution in [1.82, 2.24) is 0 Å². The molecule has 12 heavy (non-hydrogen) atoms. The van der Waals surface area contributed by atoms with Gasteiger partial charge in [-0.2, -0.15) is 0 Å². The monoisotopic (exact) mass is 194 g/mol. The van der Waals surface area contributed by atoms with E-state index in [-0.39, 0.29) is 72.0 Å². The Hall–Kier alpha value is 0.940. The maximum atomic E-state index is 10.4. The predicted octanol–water partition coefficient (Wildman–Crippen LogP) is -1.18. The van der Waals surface area contributed by atoms with Gasteiger partial charge in [0.05, 0.1) is 27.1 Å². The van der Waals surface area contributed by atoms with Crippen LogP contribution in [0.4, 0.5) is 0 Å². The second-order valence-corrected chi connectivity index (χ2v) is 1.65. The Kier molecular flexibility index (Phi) is 18.6. The molecule has 0 aliphatic carbocycles. The van der Waals surface area contributed by atoms with E-state index in [1.54, 1.807) is 0 Å². The van der Waals surface area contributed by atoms with E-state index in [1.165, 1.54) is 14.2 Å². The van der Waals surface area contributed by atoms with Crippen molar-refractivity contribution >= 4 is 71.1 Å². The van der Waals surface area contributed by atoms with Gasteiger partial charge in [-0.3, -0.25) is 9.59 Å². The molecule has 0 N–H and O–H groups in total. The van der Waals surface area contributed by atoms with Crippen LogP contribution in [0.5, 0.6) is 0 Å². The molecule has 0 fully saturated rings. The molecule has 0 atom stereocenters. The van der Waals surface area contributed by atoms with Crippen LogP contribution in [0.25, 0.3) is 0 Å². The number of ether oxygens (including phenoxy) is 2. The van der Waals surface area contributed by atoms with Crippen LogP contribution < -0.4 is 0 Å². The van der Waals surface area contributed by atoms with Crippen molar-refractivity contribution in [1.29, 1.82) is 0 Å². The fourth-order valence-electron chi connectivity index (χ4n) is 0.408. The van der Waals surface area contributed by atoms with Gasteiger partial charge in [-0.25, -0.2) is 0 Å². The van der Waals surface area contributed by atoms with E-state index in [1.807, 2.05) is 0 Å². The van der Waals surface area contributed by atoms with Crippen molar-refractivity contribution in [3.8, 4) is 0 Å².